The molecule has 13 nitrogen and oxygen atoms in total. The highest BCUT2D eigenvalue weighted by atomic mass is 16.6. The highest BCUT2D eigenvalue weighted by molar-refractivity contribution is 5.86. The van der Waals surface area contributed by atoms with Crippen LogP contribution in [0.25, 0.3) is 22.5 Å². The molecule has 4 aromatic rings. The summed E-state index contributed by atoms with van der Waals surface area (Å²) in [5.41, 5.74) is 3.47. The number of nitrogens with one attached hydrogen (secondary N) is 4. The van der Waals surface area contributed by atoms with Crippen LogP contribution >= 0.6 is 0 Å². The van der Waals surface area contributed by atoms with Gasteiger partial charge in [-0.1, -0.05) is 27.7 Å². The number of amides is 3. The first-order valence-corrected chi connectivity index (χ1v) is 17.7. The van der Waals surface area contributed by atoms with E-state index in [0.717, 1.165) is 60.4 Å². The van der Waals surface area contributed by atoms with E-state index in [0.29, 0.717) is 54.3 Å². The number of carbonyl (C=O) groups is 3. The van der Waals surface area contributed by atoms with Crippen LogP contribution < -0.4 is 20.1 Å². The molecule has 0 spiro atoms. The van der Waals surface area contributed by atoms with Crippen LogP contribution in [0.1, 0.15) is 77.5 Å². The second-order valence-electron chi connectivity index (χ2n) is 13.9. The van der Waals surface area contributed by atoms with E-state index < -0.39 is 12.1 Å². The summed E-state index contributed by atoms with van der Waals surface area (Å²) in [6.07, 6.45) is 7.72. The van der Waals surface area contributed by atoms with Crippen LogP contribution in [0.2, 0.25) is 0 Å². The number of aryl methyl sites for hydroxylation is 1. The van der Waals surface area contributed by atoms with Crippen molar-refractivity contribution in [3.8, 4) is 45.5 Å². The van der Waals surface area contributed by atoms with Crippen LogP contribution in [0, 0.1) is 11.8 Å². The number of rotatable bonds is 13. The topological polar surface area (TPSA) is 164 Å². The van der Waals surface area contributed by atoms with E-state index >= 15 is 0 Å². The van der Waals surface area contributed by atoms with Gasteiger partial charge >= 0.3 is 6.09 Å². The van der Waals surface area contributed by atoms with Crippen LogP contribution in [0.3, 0.4) is 0 Å². The molecule has 4 N–H and O–H groups in total. The number of hydrogen-bond acceptors (Lipinski definition) is 8. The Bertz CT molecular complexity index is 1860. The van der Waals surface area contributed by atoms with E-state index in [-0.39, 0.29) is 23.8 Å². The lowest BCUT2D eigenvalue weighted by molar-refractivity contribution is -0.135. The minimum atomic E-state index is -0.696. The molecule has 1 fully saturated rings. The molecule has 51 heavy (non-hydrogen) atoms. The third-order valence-electron chi connectivity index (χ3n) is 9.17. The fourth-order valence-electron chi connectivity index (χ4n) is 6.49. The van der Waals surface area contributed by atoms with E-state index in [4.69, 9.17) is 14.2 Å². The zero-order valence-corrected chi connectivity index (χ0v) is 29.9. The van der Waals surface area contributed by atoms with Gasteiger partial charge in [0.25, 0.3) is 0 Å². The zero-order chi connectivity index (χ0) is 36.1. The highest BCUT2D eigenvalue weighted by Crippen LogP contribution is 2.47. The van der Waals surface area contributed by atoms with E-state index in [2.05, 4.69) is 30.6 Å². The number of unbranched alkanes of at least 4 members (excludes halogenated alkanes) is 1. The maximum atomic E-state index is 13.5. The van der Waals surface area contributed by atoms with Crippen LogP contribution in [0.4, 0.5) is 4.79 Å². The number of ether oxygens (including phenoxy) is 3. The summed E-state index contributed by atoms with van der Waals surface area (Å²) in [5, 5.41) is 5.67. The van der Waals surface area contributed by atoms with Crippen molar-refractivity contribution in [1.82, 2.24) is 35.5 Å². The highest BCUT2D eigenvalue weighted by Gasteiger charge is 2.37. The average molecular weight is 698 g/mol. The van der Waals surface area contributed by atoms with Crippen LogP contribution in [0.15, 0.2) is 48.8 Å². The van der Waals surface area contributed by atoms with Gasteiger partial charge in [0.05, 0.1) is 36.9 Å². The van der Waals surface area contributed by atoms with Crippen molar-refractivity contribution >= 4 is 17.9 Å². The maximum Gasteiger partial charge on any atom is 0.407 e. The molecule has 0 saturated carbocycles. The smallest absolute Gasteiger partial charge is 0.407 e. The standard InChI is InChI=1S/C38H47N7O6/c1-22(2)17-34(46)39-15-7-6-10-33-40-20-26(42-33)24-11-13-29-31(18-24)50-30-14-12-25(19-32(30)51-29)27-21-41-36(43-27)28-9-8-16-45(28)37(47)35(23(3)4)44-38(48)49-5/h11-14,18-23,28,35H,6-10,15-17H2,1-5H3,(H,39,46)(H,40,42)(H,41,43)(H,44,48). The van der Waals surface area contributed by atoms with Crippen molar-refractivity contribution in [2.75, 3.05) is 20.2 Å². The lowest BCUT2D eigenvalue weighted by Crippen LogP contribution is -2.51. The predicted molar refractivity (Wildman–Crippen MR) is 191 cm³/mol. The number of aromatic nitrogens is 4. The number of benzene rings is 2. The molecule has 2 aromatic heterocycles. The van der Waals surface area contributed by atoms with Gasteiger partial charge in [0.1, 0.15) is 17.7 Å². The van der Waals surface area contributed by atoms with Crippen molar-refractivity contribution in [2.24, 2.45) is 11.8 Å². The number of carbonyl (C=O) groups excluding carboxylic acids is 3. The number of fused-ring (bicyclic) bond motifs is 2. The summed E-state index contributed by atoms with van der Waals surface area (Å²) >= 11 is 0. The first kappa shape index (κ1) is 35.5. The number of imidazole rings is 2. The zero-order valence-electron chi connectivity index (χ0n) is 29.9. The molecular formula is C38H47N7O6. The van der Waals surface area contributed by atoms with Crippen molar-refractivity contribution in [3.63, 3.8) is 0 Å². The number of alkyl carbamates (subject to hydrolysis) is 1. The largest absolute Gasteiger partial charge is 0.453 e. The van der Waals surface area contributed by atoms with Crippen molar-refractivity contribution in [3.05, 3.63) is 60.4 Å². The quantitative estimate of drug-likeness (QED) is 0.0966. The molecule has 1 saturated heterocycles. The number of aromatic amines is 2. The normalized spacial score (nSPS) is 15.5. The Labute approximate surface area is 297 Å². The fourth-order valence-corrected chi connectivity index (χ4v) is 6.49. The third-order valence-corrected chi connectivity index (χ3v) is 9.17. The Kier molecular flexibility index (Phi) is 10.9. The van der Waals surface area contributed by atoms with E-state index in [9.17, 15) is 14.4 Å². The van der Waals surface area contributed by atoms with E-state index in [1.54, 1.807) is 11.1 Å². The van der Waals surface area contributed by atoms with Crippen molar-refractivity contribution in [1.29, 1.82) is 0 Å². The third kappa shape index (κ3) is 8.35. The van der Waals surface area contributed by atoms with Crippen LogP contribution in [0.5, 0.6) is 23.0 Å². The fraction of sp³-hybridized carbons (Fsp3) is 0.447. The summed E-state index contributed by atoms with van der Waals surface area (Å²) in [6, 6.07) is 10.6. The predicted octanol–water partition coefficient (Wildman–Crippen LogP) is 6.89. The van der Waals surface area contributed by atoms with Gasteiger partial charge < -0.3 is 39.7 Å². The minimum absolute atomic E-state index is 0.106. The summed E-state index contributed by atoms with van der Waals surface area (Å²) in [4.78, 5) is 55.1. The molecule has 2 atom stereocenters. The van der Waals surface area contributed by atoms with Gasteiger partial charge in [0, 0.05) is 37.1 Å². The van der Waals surface area contributed by atoms with Gasteiger partial charge in [-0.3, -0.25) is 9.59 Å². The van der Waals surface area contributed by atoms with Crippen LogP contribution in [-0.4, -0.2) is 69.0 Å². The Morgan fingerprint density at radius 2 is 1.59 bits per heavy atom. The van der Waals surface area contributed by atoms with E-state index in [1.807, 2.05) is 70.3 Å². The molecule has 2 aliphatic rings. The molecule has 2 unspecified atom stereocenters. The van der Waals surface area contributed by atoms with Gasteiger partial charge in [-0.15, -0.1) is 0 Å². The molecular weight excluding hydrogens is 650 g/mol. The second-order valence-corrected chi connectivity index (χ2v) is 13.9. The summed E-state index contributed by atoms with van der Waals surface area (Å²) in [6.45, 7) is 9.13. The molecule has 13 heteroatoms. The van der Waals surface area contributed by atoms with Gasteiger partial charge in [-0.05, 0) is 73.9 Å². The summed E-state index contributed by atoms with van der Waals surface area (Å²) < 4.78 is 17.3. The summed E-state index contributed by atoms with van der Waals surface area (Å²) in [5.74, 6) is 4.18. The minimum Gasteiger partial charge on any atom is -0.453 e. The Hall–Kier alpha value is -5.33. The second kappa shape index (κ2) is 15.7. The van der Waals surface area contributed by atoms with Crippen molar-refractivity contribution in [2.45, 2.75) is 78.3 Å². The molecule has 0 bridgehead atoms. The Morgan fingerprint density at radius 1 is 0.922 bits per heavy atom. The van der Waals surface area contributed by atoms with Crippen molar-refractivity contribution < 1.29 is 28.6 Å². The molecule has 270 valence electrons. The van der Waals surface area contributed by atoms with Crippen LogP contribution in [-0.2, 0) is 20.7 Å². The van der Waals surface area contributed by atoms with Gasteiger partial charge in [-0.25, -0.2) is 14.8 Å². The number of nitrogens with zero attached hydrogens (tertiary/aromatic N) is 3. The Morgan fingerprint density at radius 3 is 2.24 bits per heavy atom. The lowest BCUT2D eigenvalue weighted by atomic mass is 10.0. The number of methoxy groups -OCH3 is 1. The summed E-state index contributed by atoms with van der Waals surface area (Å²) in [7, 11) is 1.29. The first-order chi connectivity index (χ1) is 24.6. The monoisotopic (exact) mass is 697 g/mol. The maximum absolute atomic E-state index is 13.5. The van der Waals surface area contributed by atoms with Gasteiger partial charge in [0.15, 0.2) is 23.0 Å². The molecule has 0 aliphatic carbocycles. The van der Waals surface area contributed by atoms with Gasteiger partial charge in [0.2, 0.25) is 11.8 Å². The van der Waals surface area contributed by atoms with Gasteiger partial charge in [-0.2, -0.15) is 0 Å². The molecule has 2 aromatic carbocycles. The number of H-pyrrole nitrogens is 2. The molecule has 0 radical (unpaired) electrons. The number of hydrogen-bond donors (Lipinski definition) is 4. The SMILES string of the molecule is COC(=O)NC(C(=O)N1CCCC1c1ncc(-c2ccc3c(c2)Oc2ccc(-c4cnc(CCCCNC(=O)CC(C)C)[nH]4)cc2O3)[nH]1)C(C)C. The molecule has 2 aliphatic heterocycles. The van der Waals surface area contributed by atoms with E-state index in [1.165, 1.54) is 7.11 Å². The molecule has 3 amide bonds. The Balaban J connectivity index is 1.07. The first-order valence-electron chi connectivity index (χ1n) is 17.7. The average Bonchev–Trinajstić information content (AvgIpc) is 3.90. The number of likely N-dealkylation sites (tertiary alicyclic amines) is 1. The molecule has 6 rings (SSSR count). The lowest BCUT2D eigenvalue weighted by Gasteiger charge is -2.30. The molecule has 4 heterocycles.